The molecule has 0 fully saturated rings. The largest absolute Gasteiger partial charge is 0.443 e. The molecule has 1 N–H and O–H groups in total. The Labute approximate surface area is 114 Å². The Bertz CT molecular complexity index is 477. The van der Waals surface area contributed by atoms with Gasteiger partial charge in [0.1, 0.15) is 5.60 Å². The van der Waals surface area contributed by atoms with Crippen LogP contribution in [0.3, 0.4) is 0 Å². The van der Waals surface area contributed by atoms with Crippen LogP contribution in [0.1, 0.15) is 38.3 Å². The number of fused-ring (bicyclic) bond motifs is 1. The maximum absolute atomic E-state index is 12.2. The fourth-order valence-corrected chi connectivity index (χ4v) is 2.23. The highest BCUT2D eigenvalue weighted by Gasteiger charge is 2.27. The molecule has 0 radical (unpaired) electrons. The molecule has 1 aromatic carbocycles. The number of nitrogens with zero attached hydrogens (tertiary/aromatic N) is 1. The summed E-state index contributed by atoms with van der Waals surface area (Å²) in [4.78, 5) is 13.9. The van der Waals surface area contributed by atoms with Crippen molar-refractivity contribution in [3.63, 3.8) is 0 Å². The van der Waals surface area contributed by atoms with Crippen LogP contribution in [0.15, 0.2) is 18.2 Å². The first-order valence-corrected chi connectivity index (χ1v) is 6.64. The van der Waals surface area contributed by atoms with E-state index in [1.807, 2.05) is 39.0 Å². The quantitative estimate of drug-likeness (QED) is 0.847. The highest BCUT2D eigenvalue weighted by molar-refractivity contribution is 5.89. The zero-order valence-electron chi connectivity index (χ0n) is 11.8. The lowest BCUT2D eigenvalue weighted by molar-refractivity contribution is 0.0578. The summed E-state index contributed by atoms with van der Waals surface area (Å²) >= 11 is 0. The second-order valence-electron chi connectivity index (χ2n) is 5.86. The third-order valence-electron chi connectivity index (χ3n) is 3.06. The number of anilines is 1. The number of carbonyl (C=O) groups excluding carboxylic acids is 1. The van der Waals surface area contributed by atoms with Gasteiger partial charge in [-0.05, 0) is 50.8 Å². The predicted octanol–water partition coefficient (Wildman–Crippen LogP) is 2.87. The van der Waals surface area contributed by atoms with Crippen LogP contribution in [-0.4, -0.2) is 23.3 Å². The Morgan fingerprint density at radius 3 is 2.79 bits per heavy atom. The summed E-state index contributed by atoms with van der Waals surface area (Å²) in [6, 6.07) is 5.76. The third kappa shape index (κ3) is 3.26. The number of ether oxygens (including phenoxy) is 1. The Hall–Kier alpha value is -1.55. The van der Waals surface area contributed by atoms with Crippen molar-refractivity contribution < 1.29 is 14.6 Å². The van der Waals surface area contributed by atoms with Gasteiger partial charge >= 0.3 is 6.09 Å². The second-order valence-corrected chi connectivity index (χ2v) is 5.86. The number of hydrogen-bond acceptors (Lipinski definition) is 3. The molecule has 1 aliphatic heterocycles. The molecule has 2 rings (SSSR count). The summed E-state index contributed by atoms with van der Waals surface area (Å²) in [5.41, 5.74) is 2.32. The number of amides is 1. The minimum atomic E-state index is -0.497. The first kappa shape index (κ1) is 13.9. The van der Waals surface area contributed by atoms with E-state index in [2.05, 4.69) is 0 Å². The number of aliphatic hydroxyl groups excluding tert-OH is 1. The molecule has 0 spiro atoms. The molecule has 0 unspecified atom stereocenters. The van der Waals surface area contributed by atoms with Crippen molar-refractivity contribution in [2.75, 3.05) is 11.4 Å². The maximum atomic E-state index is 12.2. The molecular weight excluding hydrogens is 242 g/mol. The van der Waals surface area contributed by atoms with Gasteiger partial charge in [0.15, 0.2) is 0 Å². The van der Waals surface area contributed by atoms with Gasteiger partial charge in [-0.2, -0.15) is 0 Å². The van der Waals surface area contributed by atoms with E-state index >= 15 is 0 Å². The molecular formula is C15H21NO3. The summed E-state index contributed by atoms with van der Waals surface area (Å²) in [6.07, 6.45) is 1.58. The van der Waals surface area contributed by atoms with Gasteiger partial charge in [0.25, 0.3) is 0 Å². The molecule has 0 saturated carbocycles. The second kappa shape index (κ2) is 5.21. The van der Waals surface area contributed by atoms with E-state index in [0.29, 0.717) is 6.54 Å². The summed E-state index contributed by atoms with van der Waals surface area (Å²) in [5, 5.41) is 9.22. The van der Waals surface area contributed by atoms with Gasteiger partial charge in [-0.15, -0.1) is 0 Å². The number of benzene rings is 1. The summed E-state index contributed by atoms with van der Waals surface area (Å²) in [5.74, 6) is 0. The molecule has 0 aliphatic carbocycles. The SMILES string of the molecule is CC(C)(C)OC(=O)N1CCCc2ccc(CO)cc21. The molecule has 4 heteroatoms. The number of carbonyl (C=O) groups is 1. The van der Waals surface area contributed by atoms with Gasteiger partial charge in [0.05, 0.1) is 12.3 Å². The molecule has 0 bridgehead atoms. The lowest BCUT2D eigenvalue weighted by Crippen LogP contribution is -2.39. The van der Waals surface area contributed by atoms with E-state index in [1.165, 1.54) is 0 Å². The van der Waals surface area contributed by atoms with Crippen LogP contribution in [0, 0.1) is 0 Å². The maximum Gasteiger partial charge on any atom is 0.414 e. The molecule has 1 aliphatic rings. The van der Waals surface area contributed by atoms with Crippen molar-refractivity contribution in [2.45, 2.75) is 45.8 Å². The fourth-order valence-electron chi connectivity index (χ4n) is 2.23. The van der Waals surface area contributed by atoms with Gasteiger partial charge < -0.3 is 9.84 Å². The molecule has 19 heavy (non-hydrogen) atoms. The Kier molecular flexibility index (Phi) is 3.80. The number of hydrogen-bond donors (Lipinski definition) is 1. The molecule has 0 saturated heterocycles. The van der Waals surface area contributed by atoms with Crippen LogP contribution in [0.5, 0.6) is 0 Å². The monoisotopic (exact) mass is 263 g/mol. The molecule has 104 valence electrons. The van der Waals surface area contributed by atoms with E-state index in [9.17, 15) is 9.90 Å². The molecule has 0 atom stereocenters. The van der Waals surface area contributed by atoms with E-state index in [1.54, 1.807) is 4.90 Å². The smallest absolute Gasteiger partial charge is 0.414 e. The van der Waals surface area contributed by atoms with E-state index in [-0.39, 0.29) is 12.7 Å². The van der Waals surface area contributed by atoms with Crippen molar-refractivity contribution in [3.05, 3.63) is 29.3 Å². The lowest BCUT2D eigenvalue weighted by Gasteiger charge is -2.32. The molecule has 4 nitrogen and oxygen atoms in total. The Morgan fingerprint density at radius 1 is 1.42 bits per heavy atom. The number of aliphatic hydroxyl groups is 1. The Morgan fingerprint density at radius 2 is 2.16 bits per heavy atom. The van der Waals surface area contributed by atoms with Gasteiger partial charge in [-0.3, -0.25) is 4.90 Å². The fraction of sp³-hybridized carbons (Fsp3) is 0.533. The van der Waals surface area contributed by atoms with Crippen molar-refractivity contribution in [1.29, 1.82) is 0 Å². The summed E-state index contributed by atoms with van der Waals surface area (Å²) in [7, 11) is 0. The lowest BCUT2D eigenvalue weighted by atomic mass is 10.00. The van der Waals surface area contributed by atoms with Crippen LogP contribution in [0.2, 0.25) is 0 Å². The van der Waals surface area contributed by atoms with E-state index < -0.39 is 5.60 Å². The first-order valence-electron chi connectivity index (χ1n) is 6.64. The van der Waals surface area contributed by atoms with E-state index in [4.69, 9.17) is 4.74 Å². The predicted molar refractivity (Wildman–Crippen MR) is 74.3 cm³/mol. The average Bonchev–Trinajstić information content (AvgIpc) is 2.35. The van der Waals surface area contributed by atoms with Crippen LogP contribution < -0.4 is 4.90 Å². The molecule has 0 aromatic heterocycles. The molecule has 1 heterocycles. The van der Waals surface area contributed by atoms with Crippen LogP contribution >= 0.6 is 0 Å². The van der Waals surface area contributed by atoms with Crippen LogP contribution in [-0.2, 0) is 17.8 Å². The van der Waals surface area contributed by atoms with E-state index in [0.717, 1.165) is 29.7 Å². The van der Waals surface area contributed by atoms with Crippen molar-refractivity contribution >= 4 is 11.8 Å². The summed E-state index contributed by atoms with van der Waals surface area (Å²) < 4.78 is 5.43. The first-order chi connectivity index (χ1) is 8.90. The highest BCUT2D eigenvalue weighted by Crippen LogP contribution is 2.29. The van der Waals surface area contributed by atoms with Gasteiger partial charge in [0.2, 0.25) is 0 Å². The standard InChI is InChI=1S/C15H21NO3/c1-15(2,3)19-14(18)16-8-4-5-12-7-6-11(10-17)9-13(12)16/h6-7,9,17H,4-5,8,10H2,1-3H3. The third-order valence-corrected chi connectivity index (χ3v) is 3.06. The summed E-state index contributed by atoms with van der Waals surface area (Å²) in [6.45, 7) is 6.23. The van der Waals surface area contributed by atoms with Crippen molar-refractivity contribution in [1.82, 2.24) is 0 Å². The zero-order chi connectivity index (χ0) is 14.0. The minimum Gasteiger partial charge on any atom is -0.443 e. The van der Waals surface area contributed by atoms with Crippen LogP contribution in [0.25, 0.3) is 0 Å². The Balaban J connectivity index is 2.28. The molecule has 1 amide bonds. The normalized spacial score (nSPS) is 15.1. The van der Waals surface area contributed by atoms with Crippen molar-refractivity contribution in [3.8, 4) is 0 Å². The zero-order valence-corrected chi connectivity index (χ0v) is 11.8. The van der Waals surface area contributed by atoms with Gasteiger partial charge in [0, 0.05) is 6.54 Å². The molecule has 1 aromatic rings. The van der Waals surface area contributed by atoms with Gasteiger partial charge in [-0.1, -0.05) is 12.1 Å². The van der Waals surface area contributed by atoms with Crippen LogP contribution in [0.4, 0.5) is 10.5 Å². The average molecular weight is 263 g/mol. The highest BCUT2D eigenvalue weighted by atomic mass is 16.6. The van der Waals surface area contributed by atoms with Crippen molar-refractivity contribution in [2.24, 2.45) is 0 Å². The minimum absolute atomic E-state index is 0.0184. The number of rotatable bonds is 1. The van der Waals surface area contributed by atoms with Gasteiger partial charge in [-0.25, -0.2) is 4.79 Å². The number of aryl methyl sites for hydroxylation is 1. The topological polar surface area (TPSA) is 49.8 Å².